The van der Waals surface area contributed by atoms with Crippen molar-refractivity contribution in [3.05, 3.63) is 23.9 Å². The van der Waals surface area contributed by atoms with Gasteiger partial charge in [-0.3, -0.25) is 9.69 Å². The number of aromatic carboxylic acids is 1. The van der Waals surface area contributed by atoms with Gasteiger partial charge in [-0.1, -0.05) is 13.8 Å². The number of pyridine rings is 1. The number of aromatic nitrogens is 1. The van der Waals surface area contributed by atoms with Crippen LogP contribution in [-0.4, -0.2) is 70.0 Å². The van der Waals surface area contributed by atoms with E-state index < -0.39 is 11.5 Å². The summed E-state index contributed by atoms with van der Waals surface area (Å²) in [5.74, 6) is -0.176. The highest BCUT2D eigenvalue weighted by molar-refractivity contribution is 6.07. The van der Waals surface area contributed by atoms with Gasteiger partial charge in [0.15, 0.2) is 0 Å². The molecule has 1 N–H and O–H groups in total. The van der Waals surface area contributed by atoms with Gasteiger partial charge in [0.2, 0.25) is 0 Å². The van der Waals surface area contributed by atoms with Crippen LogP contribution in [0.2, 0.25) is 0 Å². The summed E-state index contributed by atoms with van der Waals surface area (Å²) in [6.45, 7) is 5.79. The highest BCUT2D eigenvalue weighted by Crippen LogP contribution is 2.38. The zero-order valence-electron chi connectivity index (χ0n) is 15.3. The maximum Gasteiger partial charge on any atom is 0.337 e. The van der Waals surface area contributed by atoms with Crippen molar-refractivity contribution in [2.24, 2.45) is 5.92 Å². The number of carbonyl (C=O) groups is 3. The molecule has 0 saturated carbocycles. The smallest absolute Gasteiger partial charge is 0.337 e. The average Bonchev–Trinajstić information content (AvgIpc) is 2.78. The molecule has 1 aromatic rings. The number of hydrogen-bond acceptors (Lipinski definition) is 5. The summed E-state index contributed by atoms with van der Waals surface area (Å²) < 4.78 is 0. The van der Waals surface area contributed by atoms with Crippen LogP contribution >= 0.6 is 0 Å². The summed E-state index contributed by atoms with van der Waals surface area (Å²) in [4.78, 5) is 45.5. The Bertz CT molecular complexity index is 723. The Hall–Kier alpha value is -2.64. The topological polar surface area (TPSA) is 94.1 Å². The number of imide groups is 1. The van der Waals surface area contributed by atoms with E-state index in [4.69, 9.17) is 5.11 Å². The number of rotatable bonds is 4. The molecule has 140 valence electrons. The molecule has 2 aliphatic rings. The largest absolute Gasteiger partial charge is 0.478 e. The highest BCUT2D eigenvalue weighted by atomic mass is 16.4. The third-order valence-electron chi connectivity index (χ3n) is 5.19. The summed E-state index contributed by atoms with van der Waals surface area (Å²) in [5, 5.41) is 8.97. The van der Waals surface area contributed by atoms with Crippen LogP contribution in [0.25, 0.3) is 0 Å². The molecule has 2 aliphatic heterocycles. The minimum atomic E-state index is -1.01. The number of piperidine rings is 1. The van der Waals surface area contributed by atoms with Crippen LogP contribution in [0.5, 0.6) is 0 Å². The summed E-state index contributed by atoms with van der Waals surface area (Å²) >= 11 is 0. The minimum Gasteiger partial charge on any atom is -0.478 e. The lowest BCUT2D eigenvalue weighted by Crippen LogP contribution is -2.57. The average molecular weight is 360 g/mol. The van der Waals surface area contributed by atoms with Crippen molar-refractivity contribution in [3.63, 3.8) is 0 Å². The number of anilines is 1. The molecule has 1 spiro atoms. The molecule has 2 fully saturated rings. The molecule has 0 atom stereocenters. The second-order valence-corrected chi connectivity index (χ2v) is 7.38. The summed E-state index contributed by atoms with van der Waals surface area (Å²) in [6, 6.07) is 2.99. The Kier molecular flexibility index (Phi) is 4.60. The van der Waals surface area contributed by atoms with Gasteiger partial charge in [-0.05, 0) is 30.9 Å². The van der Waals surface area contributed by atoms with Crippen molar-refractivity contribution in [2.45, 2.75) is 32.2 Å². The third-order valence-corrected chi connectivity index (χ3v) is 5.19. The van der Waals surface area contributed by atoms with E-state index >= 15 is 0 Å². The predicted octanol–water partition coefficient (Wildman–Crippen LogP) is 1.67. The van der Waals surface area contributed by atoms with Gasteiger partial charge in [0, 0.05) is 32.9 Å². The Balaban J connectivity index is 1.78. The van der Waals surface area contributed by atoms with Gasteiger partial charge < -0.3 is 14.9 Å². The van der Waals surface area contributed by atoms with E-state index in [1.165, 1.54) is 17.2 Å². The third kappa shape index (κ3) is 2.89. The first-order valence-electron chi connectivity index (χ1n) is 8.80. The second-order valence-electron chi connectivity index (χ2n) is 7.38. The molecule has 0 unspecified atom stereocenters. The Morgan fingerprint density at radius 1 is 1.27 bits per heavy atom. The van der Waals surface area contributed by atoms with E-state index in [0.717, 1.165) is 0 Å². The minimum absolute atomic E-state index is 0.128. The molecule has 8 heteroatoms. The molecule has 2 saturated heterocycles. The first kappa shape index (κ1) is 18.2. The van der Waals surface area contributed by atoms with Crippen LogP contribution in [0.15, 0.2) is 18.3 Å². The maximum absolute atomic E-state index is 12.8. The van der Waals surface area contributed by atoms with Crippen molar-refractivity contribution >= 4 is 23.7 Å². The van der Waals surface area contributed by atoms with Crippen LogP contribution in [0.1, 0.15) is 37.0 Å². The van der Waals surface area contributed by atoms with Crippen molar-refractivity contribution in [3.8, 4) is 0 Å². The number of amides is 3. The van der Waals surface area contributed by atoms with E-state index in [1.54, 1.807) is 18.0 Å². The molecule has 26 heavy (non-hydrogen) atoms. The van der Waals surface area contributed by atoms with Gasteiger partial charge in [-0.2, -0.15) is 0 Å². The molecule has 0 bridgehead atoms. The quantitative estimate of drug-likeness (QED) is 0.821. The number of likely N-dealkylation sites (N-methyl/N-ethyl adjacent to an activating group) is 1. The molecule has 8 nitrogen and oxygen atoms in total. The van der Waals surface area contributed by atoms with E-state index in [-0.39, 0.29) is 23.4 Å². The number of carboxylic acid groups (broad SMARTS) is 1. The molecule has 0 aliphatic carbocycles. The molecular weight excluding hydrogens is 336 g/mol. The van der Waals surface area contributed by atoms with E-state index in [1.807, 2.05) is 18.7 Å². The first-order valence-corrected chi connectivity index (χ1v) is 8.80. The van der Waals surface area contributed by atoms with Crippen molar-refractivity contribution in [2.75, 3.05) is 31.6 Å². The molecule has 0 radical (unpaired) electrons. The zero-order valence-corrected chi connectivity index (χ0v) is 15.3. The number of urea groups is 1. The summed E-state index contributed by atoms with van der Waals surface area (Å²) in [7, 11) is 1.55. The fraction of sp³-hybridized carbons (Fsp3) is 0.556. The highest BCUT2D eigenvalue weighted by Gasteiger charge is 2.56. The van der Waals surface area contributed by atoms with Crippen molar-refractivity contribution < 1.29 is 19.5 Å². The summed E-state index contributed by atoms with van der Waals surface area (Å²) in [5.41, 5.74) is -0.628. The van der Waals surface area contributed by atoms with Crippen LogP contribution in [-0.2, 0) is 4.79 Å². The Morgan fingerprint density at radius 2 is 1.92 bits per heavy atom. The van der Waals surface area contributed by atoms with Crippen molar-refractivity contribution in [1.29, 1.82) is 0 Å². The number of carboxylic acids is 1. The lowest BCUT2D eigenvalue weighted by atomic mass is 9.85. The van der Waals surface area contributed by atoms with Crippen molar-refractivity contribution in [1.82, 2.24) is 14.8 Å². The SMILES string of the molecule is CC(C)CN1C(=O)N(C)C(=O)C12CCN(c1ccc(C(=O)O)cn1)CC2. The fourth-order valence-electron chi connectivity index (χ4n) is 3.79. The van der Waals surface area contributed by atoms with Crippen LogP contribution in [0.3, 0.4) is 0 Å². The van der Waals surface area contributed by atoms with E-state index in [0.29, 0.717) is 38.3 Å². The molecular formula is C18H24N4O4. The molecule has 3 rings (SSSR count). The second kappa shape index (κ2) is 6.59. The van der Waals surface area contributed by atoms with Gasteiger partial charge in [0.05, 0.1) is 5.56 Å². The molecule has 1 aromatic heterocycles. The Morgan fingerprint density at radius 3 is 2.42 bits per heavy atom. The maximum atomic E-state index is 12.8. The van der Waals surface area contributed by atoms with E-state index in [2.05, 4.69) is 4.98 Å². The van der Waals surface area contributed by atoms with Gasteiger partial charge in [0.1, 0.15) is 11.4 Å². The lowest BCUT2D eigenvalue weighted by Gasteiger charge is -2.43. The number of hydrogen-bond donors (Lipinski definition) is 1. The monoisotopic (exact) mass is 360 g/mol. The van der Waals surface area contributed by atoms with Crippen LogP contribution in [0, 0.1) is 5.92 Å². The predicted molar refractivity (Wildman–Crippen MR) is 95.1 cm³/mol. The summed E-state index contributed by atoms with van der Waals surface area (Å²) in [6.07, 6.45) is 2.42. The molecule has 0 aromatic carbocycles. The molecule has 3 amide bonds. The van der Waals surface area contributed by atoms with Gasteiger partial charge in [-0.25, -0.2) is 14.6 Å². The van der Waals surface area contributed by atoms with Crippen LogP contribution < -0.4 is 4.90 Å². The number of carbonyl (C=O) groups excluding carboxylic acids is 2. The number of nitrogens with zero attached hydrogens (tertiary/aromatic N) is 4. The first-order chi connectivity index (χ1) is 12.3. The lowest BCUT2D eigenvalue weighted by molar-refractivity contribution is -0.133. The molecule has 3 heterocycles. The Labute approximate surface area is 152 Å². The van der Waals surface area contributed by atoms with Gasteiger partial charge in [-0.15, -0.1) is 0 Å². The normalized spacial score (nSPS) is 19.8. The standard InChI is InChI=1S/C18H24N4O4/c1-12(2)11-22-17(26)20(3)16(25)18(22)6-8-21(9-7-18)14-5-4-13(10-19-14)15(23)24/h4-5,10,12H,6-9,11H2,1-3H3,(H,23,24). The van der Waals surface area contributed by atoms with Crippen LogP contribution in [0.4, 0.5) is 10.6 Å². The van der Waals surface area contributed by atoms with Gasteiger partial charge >= 0.3 is 12.0 Å². The fourth-order valence-corrected chi connectivity index (χ4v) is 3.79. The zero-order chi connectivity index (χ0) is 19.1. The van der Waals surface area contributed by atoms with Gasteiger partial charge in [0.25, 0.3) is 5.91 Å². The van der Waals surface area contributed by atoms with E-state index in [9.17, 15) is 14.4 Å².